The van der Waals surface area contributed by atoms with Gasteiger partial charge in [-0.05, 0) is 6.07 Å². The molecule has 0 aromatic heterocycles. The van der Waals surface area contributed by atoms with E-state index in [-0.39, 0.29) is 11.7 Å². The molecule has 0 saturated heterocycles. The lowest BCUT2D eigenvalue weighted by atomic mass is 9.98. The molecule has 0 fully saturated rings. The monoisotopic (exact) mass is 209 g/mol. The van der Waals surface area contributed by atoms with Crippen molar-refractivity contribution < 1.29 is 9.66 Å². The summed E-state index contributed by atoms with van der Waals surface area (Å²) in [5.41, 5.74) is 12.3. The number of nitrogen functional groups attached to an aromatic ring is 1. The molecule has 0 amide bonds. The van der Waals surface area contributed by atoms with Crippen molar-refractivity contribution >= 4 is 11.4 Å². The number of anilines is 1. The smallest absolute Gasteiger partial charge is 0.278 e. The standard InChI is InChI=1S/C9H11N3O3/c10-5-3-4-15-9-6(11)1-2-7(8(5)9)12(13)14/h1-2,5H,3-4,10-11H2/t5-/m1/s1. The molecule has 0 spiro atoms. The van der Waals surface area contributed by atoms with Gasteiger partial charge >= 0.3 is 0 Å². The number of nitro groups is 1. The Kier molecular flexibility index (Phi) is 2.20. The van der Waals surface area contributed by atoms with E-state index in [9.17, 15) is 10.1 Å². The molecule has 0 radical (unpaired) electrons. The van der Waals surface area contributed by atoms with Gasteiger partial charge in [0.25, 0.3) is 5.69 Å². The normalized spacial score (nSPS) is 19.1. The van der Waals surface area contributed by atoms with Gasteiger partial charge in [-0.2, -0.15) is 0 Å². The highest BCUT2D eigenvalue weighted by atomic mass is 16.6. The van der Waals surface area contributed by atoms with Crippen molar-refractivity contribution in [3.63, 3.8) is 0 Å². The number of nitrogens with two attached hydrogens (primary N) is 2. The third-order valence-corrected chi connectivity index (χ3v) is 2.45. The van der Waals surface area contributed by atoms with Crippen molar-refractivity contribution in [1.82, 2.24) is 0 Å². The third-order valence-electron chi connectivity index (χ3n) is 2.45. The van der Waals surface area contributed by atoms with E-state index in [1.54, 1.807) is 0 Å². The average molecular weight is 209 g/mol. The fourth-order valence-electron chi connectivity index (χ4n) is 1.72. The number of ether oxygens (including phenoxy) is 1. The molecule has 1 aliphatic rings. The maximum Gasteiger partial charge on any atom is 0.278 e. The van der Waals surface area contributed by atoms with Crippen LogP contribution in [0, 0.1) is 10.1 Å². The molecule has 0 unspecified atom stereocenters. The van der Waals surface area contributed by atoms with Gasteiger partial charge in [0.2, 0.25) is 0 Å². The van der Waals surface area contributed by atoms with Gasteiger partial charge in [0, 0.05) is 18.5 Å². The number of hydrogen-bond acceptors (Lipinski definition) is 5. The Morgan fingerprint density at radius 3 is 2.93 bits per heavy atom. The fourth-order valence-corrected chi connectivity index (χ4v) is 1.72. The van der Waals surface area contributed by atoms with E-state index in [1.165, 1.54) is 12.1 Å². The molecule has 0 bridgehead atoms. The Labute approximate surface area is 86.0 Å². The zero-order valence-corrected chi connectivity index (χ0v) is 7.97. The summed E-state index contributed by atoms with van der Waals surface area (Å²) in [5.74, 6) is 0.364. The summed E-state index contributed by atoms with van der Waals surface area (Å²) in [5, 5.41) is 10.8. The summed E-state index contributed by atoms with van der Waals surface area (Å²) in [7, 11) is 0. The first-order valence-corrected chi connectivity index (χ1v) is 4.56. The highest BCUT2D eigenvalue weighted by Gasteiger charge is 2.29. The topological polar surface area (TPSA) is 104 Å². The molecule has 80 valence electrons. The molecule has 1 aliphatic heterocycles. The fraction of sp³-hybridized carbons (Fsp3) is 0.333. The molecule has 0 aliphatic carbocycles. The van der Waals surface area contributed by atoms with Gasteiger partial charge in [0.1, 0.15) is 0 Å². The number of hydrogen-bond donors (Lipinski definition) is 2. The first-order chi connectivity index (χ1) is 7.11. The Morgan fingerprint density at radius 2 is 2.27 bits per heavy atom. The maximum atomic E-state index is 10.8. The van der Waals surface area contributed by atoms with E-state index in [4.69, 9.17) is 16.2 Å². The van der Waals surface area contributed by atoms with Crippen LogP contribution < -0.4 is 16.2 Å². The van der Waals surface area contributed by atoms with Crippen molar-refractivity contribution in [1.29, 1.82) is 0 Å². The van der Waals surface area contributed by atoms with Gasteiger partial charge in [0.05, 0.1) is 22.8 Å². The Bertz CT molecular complexity index is 419. The predicted molar refractivity (Wildman–Crippen MR) is 54.5 cm³/mol. The van der Waals surface area contributed by atoms with E-state index >= 15 is 0 Å². The summed E-state index contributed by atoms with van der Waals surface area (Å²) < 4.78 is 5.31. The molecule has 1 aromatic rings. The predicted octanol–water partition coefficient (Wildman–Crippen LogP) is 0.959. The number of fused-ring (bicyclic) bond motifs is 1. The molecular weight excluding hydrogens is 198 g/mol. The second kappa shape index (κ2) is 3.39. The van der Waals surface area contributed by atoms with Crippen molar-refractivity contribution in [3.05, 3.63) is 27.8 Å². The lowest BCUT2D eigenvalue weighted by Gasteiger charge is -2.23. The highest BCUT2D eigenvalue weighted by Crippen LogP contribution is 2.41. The van der Waals surface area contributed by atoms with E-state index in [2.05, 4.69) is 0 Å². The van der Waals surface area contributed by atoms with Gasteiger partial charge < -0.3 is 16.2 Å². The van der Waals surface area contributed by atoms with Gasteiger partial charge in [-0.25, -0.2) is 0 Å². The number of nitro benzene ring substituents is 1. The zero-order valence-electron chi connectivity index (χ0n) is 7.97. The minimum atomic E-state index is -0.465. The molecule has 2 rings (SSSR count). The highest BCUT2D eigenvalue weighted by molar-refractivity contribution is 5.65. The van der Waals surface area contributed by atoms with E-state index in [1.807, 2.05) is 0 Å². The number of rotatable bonds is 1. The van der Waals surface area contributed by atoms with Crippen molar-refractivity contribution in [2.45, 2.75) is 12.5 Å². The minimum Gasteiger partial charge on any atom is -0.491 e. The summed E-state index contributed by atoms with van der Waals surface area (Å²) in [4.78, 5) is 10.3. The van der Waals surface area contributed by atoms with Crippen molar-refractivity contribution in [3.8, 4) is 5.75 Å². The van der Waals surface area contributed by atoms with E-state index < -0.39 is 4.92 Å². The molecule has 1 heterocycles. The molecule has 1 atom stereocenters. The second-order valence-corrected chi connectivity index (χ2v) is 3.42. The lowest BCUT2D eigenvalue weighted by molar-refractivity contribution is -0.385. The van der Waals surface area contributed by atoms with Crippen LogP contribution in [0.25, 0.3) is 0 Å². The van der Waals surface area contributed by atoms with Crippen LogP contribution in [0.3, 0.4) is 0 Å². The zero-order chi connectivity index (χ0) is 11.0. The second-order valence-electron chi connectivity index (χ2n) is 3.42. The Balaban J connectivity index is 2.65. The molecule has 4 N–H and O–H groups in total. The first-order valence-electron chi connectivity index (χ1n) is 4.56. The van der Waals surface area contributed by atoms with E-state index in [0.717, 1.165) is 0 Å². The summed E-state index contributed by atoms with van der Waals surface area (Å²) >= 11 is 0. The summed E-state index contributed by atoms with van der Waals surface area (Å²) in [6.45, 7) is 0.444. The van der Waals surface area contributed by atoms with Crippen LogP contribution in [-0.2, 0) is 0 Å². The molecule has 1 aromatic carbocycles. The number of benzene rings is 1. The average Bonchev–Trinajstić information content (AvgIpc) is 2.19. The van der Waals surface area contributed by atoms with Gasteiger partial charge in [-0.1, -0.05) is 0 Å². The summed E-state index contributed by atoms with van der Waals surface area (Å²) in [6.07, 6.45) is 0.567. The maximum absolute atomic E-state index is 10.8. The molecule has 6 heteroatoms. The van der Waals surface area contributed by atoms with Crippen LogP contribution in [0.15, 0.2) is 12.1 Å². The first kappa shape index (κ1) is 9.72. The summed E-state index contributed by atoms with van der Waals surface area (Å²) in [6, 6.07) is 2.45. The quantitative estimate of drug-likeness (QED) is 0.407. The van der Waals surface area contributed by atoms with Crippen LogP contribution in [-0.4, -0.2) is 11.5 Å². The van der Waals surface area contributed by atoms with Crippen LogP contribution >= 0.6 is 0 Å². The van der Waals surface area contributed by atoms with Crippen molar-refractivity contribution in [2.24, 2.45) is 5.73 Å². The Hall–Kier alpha value is -1.82. The largest absolute Gasteiger partial charge is 0.491 e. The molecule has 6 nitrogen and oxygen atoms in total. The SMILES string of the molecule is Nc1ccc([N+](=O)[O-])c2c1OCC[C@H]2N. The van der Waals surface area contributed by atoms with Crippen LogP contribution in [0.5, 0.6) is 5.75 Å². The van der Waals surface area contributed by atoms with Crippen LogP contribution in [0.4, 0.5) is 11.4 Å². The lowest BCUT2D eigenvalue weighted by Crippen LogP contribution is -2.22. The minimum absolute atomic E-state index is 0.0219. The molecule has 0 saturated carbocycles. The van der Waals surface area contributed by atoms with Gasteiger partial charge in [-0.15, -0.1) is 0 Å². The van der Waals surface area contributed by atoms with Gasteiger partial charge in [-0.3, -0.25) is 10.1 Å². The molecular formula is C9H11N3O3. The van der Waals surface area contributed by atoms with Crippen molar-refractivity contribution in [2.75, 3.05) is 12.3 Å². The Morgan fingerprint density at radius 1 is 1.53 bits per heavy atom. The number of nitrogens with zero attached hydrogens (tertiary/aromatic N) is 1. The van der Waals surface area contributed by atoms with E-state index in [0.29, 0.717) is 30.0 Å². The van der Waals surface area contributed by atoms with Crippen LogP contribution in [0.1, 0.15) is 18.0 Å². The van der Waals surface area contributed by atoms with Gasteiger partial charge in [0.15, 0.2) is 5.75 Å². The third kappa shape index (κ3) is 1.48. The molecule has 15 heavy (non-hydrogen) atoms. The van der Waals surface area contributed by atoms with Crippen LogP contribution in [0.2, 0.25) is 0 Å².